The molecule has 60 valence electrons. The van der Waals surface area contributed by atoms with Crippen LogP contribution >= 0.6 is 7.54 Å². The Morgan fingerprint density at radius 3 is 1.60 bits per heavy atom. The average molecular weight is 182 g/mol. The van der Waals surface area contributed by atoms with Crippen LogP contribution in [-0.4, -0.2) is 5.91 Å². The van der Waals surface area contributed by atoms with E-state index in [4.69, 9.17) is 0 Å². The molecule has 0 aliphatic carbocycles. The Kier molecular flexibility index (Phi) is 1.17. The van der Waals surface area contributed by atoms with E-state index in [1.165, 1.54) is 0 Å². The van der Waals surface area contributed by atoms with Gasteiger partial charge in [-0.1, -0.05) is 0 Å². The molecule has 1 unspecified atom stereocenters. The summed E-state index contributed by atoms with van der Waals surface area (Å²) in [6, 6.07) is 0. The van der Waals surface area contributed by atoms with Crippen LogP contribution in [0.15, 0.2) is 11.4 Å². The van der Waals surface area contributed by atoms with Gasteiger partial charge in [-0.15, -0.1) is 0 Å². The summed E-state index contributed by atoms with van der Waals surface area (Å²) in [4.78, 5) is 0. The molecule has 0 aromatic carbocycles. The Morgan fingerprint density at radius 1 is 1.10 bits per heavy atom. The van der Waals surface area contributed by atoms with Crippen LogP contribution in [0.4, 0.5) is 25.8 Å². The summed E-state index contributed by atoms with van der Waals surface area (Å²) >= 11 is 0. The standard InChI is InChI=1S/C3HF6P/c4-1-2(5)10(7,8,9)3(1)6/h2H. The second-order valence-corrected chi connectivity index (χ2v) is 4.42. The fraction of sp³-hybridized carbons (Fsp3) is 0.333. The normalized spacial score (nSPS) is 39.8. The SMILES string of the molecule is FC1=C(F)P(F)(F)(F)C1F. The fourth-order valence-corrected chi connectivity index (χ4v) is 1.46. The van der Waals surface area contributed by atoms with Gasteiger partial charge in [-0.2, -0.15) is 0 Å². The molecule has 0 fully saturated rings. The third-order valence-electron chi connectivity index (χ3n) is 1.11. The Bertz CT molecular complexity index is 211. The summed E-state index contributed by atoms with van der Waals surface area (Å²) in [5, 5.41) is 0. The van der Waals surface area contributed by atoms with Crippen LogP contribution in [0.25, 0.3) is 0 Å². The predicted octanol–water partition coefficient (Wildman–Crippen LogP) is 3.61. The zero-order valence-electron chi connectivity index (χ0n) is 4.29. The van der Waals surface area contributed by atoms with E-state index in [1.54, 1.807) is 0 Å². The maximum atomic E-state index is 11.7. The molecule has 1 atom stereocenters. The molecular formula is C3HF6P. The number of allylic oxidation sites excluding steroid dienone is 1. The van der Waals surface area contributed by atoms with Crippen molar-refractivity contribution in [2.45, 2.75) is 5.91 Å². The Labute approximate surface area is 51.8 Å². The van der Waals surface area contributed by atoms with Crippen molar-refractivity contribution in [2.24, 2.45) is 0 Å². The van der Waals surface area contributed by atoms with Crippen molar-refractivity contribution < 1.29 is 25.8 Å². The van der Waals surface area contributed by atoms with Gasteiger partial charge in [0.15, 0.2) is 0 Å². The number of rotatable bonds is 0. The van der Waals surface area contributed by atoms with E-state index in [2.05, 4.69) is 0 Å². The molecule has 0 bridgehead atoms. The van der Waals surface area contributed by atoms with Crippen molar-refractivity contribution in [3.05, 3.63) is 11.4 Å². The third-order valence-corrected chi connectivity index (χ3v) is 2.97. The van der Waals surface area contributed by atoms with Gasteiger partial charge in [0.1, 0.15) is 0 Å². The van der Waals surface area contributed by atoms with Crippen molar-refractivity contribution in [3.8, 4) is 0 Å². The molecule has 0 nitrogen and oxygen atoms in total. The molecule has 0 amide bonds. The van der Waals surface area contributed by atoms with E-state index in [0.29, 0.717) is 0 Å². The first kappa shape index (κ1) is 7.85. The van der Waals surface area contributed by atoms with E-state index < -0.39 is 24.8 Å². The van der Waals surface area contributed by atoms with Gasteiger partial charge in [-0.25, -0.2) is 0 Å². The summed E-state index contributed by atoms with van der Waals surface area (Å²) < 4.78 is 69.6. The third kappa shape index (κ3) is 0.626. The van der Waals surface area contributed by atoms with Gasteiger partial charge in [0, 0.05) is 0 Å². The first-order valence-corrected chi connectivity index (χ1v) is 4.10. The minimum atomic E-state index is -7.51. The van der Waals surface area contributed by atoms with Gasteiger partial charge in [0.2, 0.25) is 0 Å². The number of hydrogen-bond acceptors (Lipinski definition) is 0. The Balaban J connectivity index is 3.14. The van der Waals surface area contributed by atoms with Crippen molar-refractivity contribution in [2.75, 3.05) is 0 Å². The zero-order valence-corrected chi connectivity index (χ0v) is 5.19. The summed E-state index contributed by atoms with van der Waals surface area (Å²) in [6.07, 6.45) is 0. The second-order valence-electron chi connectivity index (χ2n) is 1.84. The molecule has 0 aromatic rings. The van der Waals surface area contributed by atoms with Crippen molar-refractivity contribution in [1.29, 1.82) is 0 Å². The minimum absolute atomic E-state index is 2.31. The quantitative estimate of drug-likeness (QED) is 0.396. The van der Waals surface area contributed by atoms with Crippen LogP contribution in [0.3, 0.4) is 0 Å². The first-order chi connectivity index (χ1) is 4.26. The van der Waals surface area contributed by atoms with E-state index in [1.807, 2.05) is 0 Å². The number of alkyl halides is 1. The van der Waals surface area contributed by atoms with Gasteiger partial charge in [-0.05, 0) is 0 Å². The number of hydrogen-bond donors (Lipinski definition) is 0. The number of halogens is 6. The molecule has 10 heavy (non-hydrogen) atoms. The molecule has 1 rings (SSSR count). The maximum absolute atomic E-state index is 11.7. The van der Waals surface area contributed by atoms with Crippen molar-refractivity contribution >= 4 is 7.54 Å². The van der Waals surface area contributed by atoms with Gasteiger partial charge >= 0.3 is 50.6 Å². The Morgan fingerprint density at radius 2 is 1.50 bits per heavy atom. The molecule has 0 saturated heterocycles. The van der Waals surface area contributed by atoms with Crippen molar-refractivity contribution in [1.82, 2.24) is 0 Å². The predicted molar refractivity (Wildman–Crippen MR) is 24.4 cm³/mol. The monoisotopic (exact) mass is 182 g/mol. The molecule has 0 aromatic heterocycles. The van der Waals surface area contributed by atoms with Crippen LogP contribution in [0.1, 0.15) is 0 Å². The van der Waals surface area contributed by atoms with Crippen LogP contribution in [0, 0.1) is 0 Å². The van der Waals surface area contributed by atoms with Crippen LogP contribution in [0.2, 0.25) is 0 Å². The molecule has 0 spiro atoms. The zero-order chi connectivity index (χ0) is 8.18. The van der Waals surface area contributed by atoms with Crippen LogP contribution in [-0.2, 0) is 0 Å². The fourth-order valence-electron chi connectivity index (χ4n) is 0.500. The molecule has 7 heteroatoms. The van der Waals surface area contributed by atoms with E-state index in [9.17, 15) is 25.8 Å². The van der Waals surface area contributed by atoms with E-state index >= 15 is 0 Å². The molecule has 0 N–H and O–H groups in total. The van der Waals surface area contributed by atoms with Crippen LogP contribution in [0.5, 0.6) is 0 Å². The van der Waals surface area contributed by atoms with Gasteiger partial charge in [0.05, 0.1) is 0 Å². The van der Waals surface area contributed by atoms with Gasteiger partial charge in [0.25, 0.3) is 0 Å². The second kappa shape index (κ2) is 1.49. The molecule has 0 saturated carbocycles. The van der Waals surface area contributed by atoms with E-state index in [-0.39, 0.29) is 0 Å². The molecular weight excluding hydrogens is 181 g/mol. The summed E-state index contributed by atoms with van der Waals surface area (Å²) in [5.74, 6) is -5.98. The van der Waals surface area contributed by atoms with Gasteiger partial charge in [-0.3, -0.25) is 0 Å². The first-order valence-electron chi connectivity index (χ1n) is 2.12. The average Bonchev–Trinajstić information content (AvgIpc) is 1.82. The van der Waals surface area contributed by atoms with E-state index in [0.717, 1.165) is 0 Å². The topological polar surface area (TPSA) is 0 Å². The summed E-state index contributed by atoms with van der Waals surface area (Å²) in [5.41, 5.74) is -2.83. The van der Waals surface area contributed by atoms with Crippen LogP contribution < -0.4 is 0 Å². The Hall–Kier alpha value is -0.250. The molecule has 1 aliphatic rings. The molecule has 1 heterocycles. The summed E-state index contributed by atoms with van der Waals surface area (Å²) in [6.45, 7) is 0. The van der Waals surface area contributed by atoms with Gasteiger partial charge < -0.3 is 0 Å². The molecule has 1 aliphatic heterocycles. The molecule has 0 radical (unpaired) electrons. The summed E-state index contributed by atoms with van der Waals surface area (Å²) in [7, 11) is -7.51. The van der Waals surface area contributed by atoms with Crippen molar-refractivity contribution in [3.63, 3.8) is 0 Å².